The molecule has 440 valence electrons. The van der Waals surface area contributed by atoms with Crippen molar-refractivity contribution in [2.24, 2.45) is 17.2 Å². The van der Waals surface area contributed by atoms with Gasteiger partial charge in [-0.25, -0.2) is 4.79 Å². The van der Waals surface area contributed by atoms with Crippen LogP contribution in [0.25, 0.3) is 0 Å². The van der Waals surface area contributed by atoms with E-state index in [1.165, 1.54) is 36.4 Å². The number of benzene rings is 6. The SMILES string of the molecule is NCCCC[C@@H](NC(=O)c1ccccc1O)C(=O)Nc1ccc(C(c2ccc(NC(=O)[C@@H](CCCCN)NC(=O)c3ccccc3O)cc2)c2ccc(NC(=O)[C@@H](CCCCN)NC(=O)c3ccccc3O)cc2)cc1.O=C(O)C(F)(F)F. The Morgan fingerprint density at radius 3 is 0.855 bits per heavy atom. The van der Waals surface area contributed by atoms with Crippen molar-refractivity contribution in [1.29, 1.82) is 0 Å². The van der Waals surface area contributed by atoms with Crippen LogP contribution in [0.5, 0.6) is 17.2 Å². The van der Waals surface area contributed by atoms with Gasteiger partial charge >= 0.3 is 12.1 Å². The largest absolute Gasteiger partial charge is 0.507 e. The zero-order chi connectivity index (χ0) is 60.5. The average molecular weight is 1150 g/mol. The van der Waals surface area contributed by atoms with E-state index in [1.807, 2.05) is 36.4 Å². The second-order valence-electron chi connectivity index (χ2n) is 19.1. The maximum atomic E-state index is 13.8. The Hall–Kier alpha value is -9.32. The molecule has 0 aromatic heterocycles. The molecule has 16 N–H and O–H groups in total. The number of aromatic hydroxyl groups is 3. The third-order valence-electron chi connectivity index (χ3n) is 12.9. The predicted octanol–water partition coefficient (Wildman–Crippen LogP) is 7.22. The molecule has 3 atom stereocenters. The number of carboxylic acids is 1. The van der Waals surface area contributed by atoms with Crippen LogP contribution >= 0.6 is 0 Å². The summed E-state index contributed by atoms with van der Waals surface area (Å²) in [4.78, 5) is 89.7. The molecule has 0 saturated heterocycles. The number of hydrogen-bond donors (Lipinski definition) is 13. The molecular weight excluding hydrogens is 1080 g/mol. The number of rotatable bonds is 27. The number of anilines is 3. The highest BCUT2D eigenvalue weighted by Gasteiger charge is 2.38. The van der Waals surface area contributed by atoms with E-state index in [1.54, 1.807) is 72.8 Å². The van der Waals surface area contributed by atoms with Crippen LogP contribution in [0.4, 0.5) is 30.2 Å². The Bertz CT molecular complexity index is 2820. The van der Waals surface area contributed by atoms with Crippen molar-refractivity contribution in [3.05, 3.63) is 179 Å². The van der Waals surface area contributed by atoms with Gasteiger partial charge in [0.15, 0.2) is 0 Å². The zero-order valence-electron chi connectivity index (χ0n) is 45.2. The monoisotopic (exact) mass is 1150 g/mol. The molecule has 0 unspecified atom stereocenters. The number of carbonyl (C=O) groups excluding carboxylic acids is 6. The fraction of sp³-hybridized carbons (Fsp3) is 0.283. The summed E-state index contributed by atoms with van der Waals surface area (Å²) in [5, 5.41) is 55.0. The number of hydrogen-bond acceptors (Lipinski definition) is 13. The second-order valence-corrected chi connectivity index (χ2v) is 19.1. The number of alkyl halides is 3. The zero-order valence-corrected chi connectivity index (χ0v) is 45.2. The Morgan fingerprint density at radius 1 is 0.398 bits per heavy atom. The number of nitrogens with two attached hydrogens (primary N) is 3. The number of unbranched alkanes of at least 4 members (excludes halogenated alkanes) is 3. The molecule has 6 rings (SSSR count). The number of carbonyl (C=O) groups is 7. The van der Waals surface area contributed by atoms with E-state index in [4.69, 9.17) is 27.1 Å². The maximum Gasteiger partial charge on any atom is 0.490 e. The second kappa shape index (κ2) is 32.2. The molecule has 6 aromatic rings. The lowest BCUT2D eigenvalue weighted by Gasteiger charge is -2.22. The highest BCUT2D eigenvalue weighted by atomic mass is 19.4. The lowest BCUT2D eigenvalue weighted by Crippen LogP contribution is -2.43. The van der Waals surface area contributed by atoms with E-state index in [0.717, 1.165) is 16.7 Å². The minimum atomic E-state index is -5.08. The molecule has 6 aromatic carbocycles. The maximum absolute atomic E-state index is 13.8. The van der Waals surface area contributed by atoms with Crippen molar-refractivity contribution >= 4 is 58.5 Å². The lowest BCUT2D eigenvalue weighted by atomic mass is 9.85. The molecule has 6 amide bonds. The van der Waals surface area contributed by atoms with E-state index in [2.05, 4.69) is 31.9 Å². The van der Waals surface area contributed by atoms with Gasteiger partial charge in [0, 0.05) is 23.0 Å². The van der Waals surface area contributed by atoms with Gasteiger partial charge < -0.3 is 69.5 Å². The third kappa shape index (κ3) is 20.0. The summed E-state index contributed by atoms with van der Waals surface area (Å²) in [6.07, 6.45) is -0.559. The van der Waals surface area contributed by atoms with Crippen molar-refractivity contribution in [1.82, 2.24) is 16.0 Å². The number of aliphatic carboxylic acids is 1. The van der Waals surface area contributed by atoms with Crippen molar-refractivity contribution in [3.8, 4) is 17.2 Å². The Balaban J connectivity index is 0.00000169. The van der Waals surface area contributed by atoms with Crippen LogP contribution in [-0.4, -0.2) is 106 Å². The first kappa shape index (κ1) is 64.5. The Kier molecular flexibility index (Phi) is 25.0. The summed E-state index contributed by atoms with van der Waals surface area (Å²) >= 11 is 0. The third-order valence-corrected chi connectivity index (χ3v) is 12.9. The fourth-order valence-electron chi connectivity index (χ4n) is 8.53. The summed E-state index contributed by atoms with van der Waals surface area (Å²) in [6, 6.07) is 37.0. The van der Waals surface area contributed by atoms with Gasteiger partial charge in [-0.3, -0.25) is 28.8 Å². The van der Waals surface area contributed by atoms with E-state index in [0.29, 0.717) is 94.5 Å². The summed E-state index contributed by atoms with van der Waals surface area (Å²) < 4.78 is 31.7. The molecule has 0 heterocycles. The van der Waals surface area contributed by atoms with E-state index >= 15 is 0 Å². The molecule has 0 aliphatic rings. The van der Waals surface area contributed by atoms with Gasteiger partial charge in [-0.2, -0.15) is 13.2 Å². The molecule has 0 aliphatic carbocycles. The van der Waals surface area contributed by atoms with Crippen LogP contribution in [0.2, 0.25) is 0 Å². The first-order chi connectivity index (χ1) is 39.7. The Morgan fingerprint density at radius 2 is 0.639 bits per heavy atom. The molecule has 0 radical (unpaired) electrons. The molecule has 83 heavy (non-hydrogen) atoms. The van der Waals surface area contributed by atoms with Gasteiger partial charge in [0.25, 0.3) is 17.7 Å². The number of carboxylic acid groups (broad SMARTS) is 1. The summed E-state index contributed by atoms with van der Waals surface area (Å²) in [5.74, 6) is -7.01. The Labute approximate surface area is 477 Å². The minimum absolute atomic E-state index is 0.0360. The van der Waals surface area contributed by atoms with Gasteiger partial charge in [-0.05, 0) is 167 Å². The average Bonchev–Trinajstić information content (AvgIpc) is 3.64. The van der Waals surface area contributed by atoms with Crippen LogP contribution in [0.3, 0.4) is 0 Å². The van der Waals surface area contributed by atoms with Gasteiger partial charge in [-0.15, -0.1) is 0 Å². The quantitative estimate of drug-likeness (QED) is 0.0179. The molecule has 0 aliphatic heterocycles. The molecule has 0 saturated carbocycles. The fourth-order valence-corrected chi connectivity index (χ4v) is 8.53. The van der Waals surface area contributed by atoms with E-state index in [9.17, 15) is 57.3 Å². The first-order valence-corrected chi connectivity index (χ1v) is 26.6. The highest BCUT2D eigenvalue weighted by Crippen LogP contribution is 2.34. The number of nitrogens with one attached hydrogen (secondary N) is 6. The number of halogens is 3. The van der Waals surface area contributed by atoms with Crippen molar-refractivity contribution < 1.29 is 67.2 Å². The smallest absolute Gasteiger partial charge is 0.490 e. The summed E-state index contributed by atoms with van der Waals surface area (Å²) in [5.41, 5.74) is 21.1. The molecule has 0 bridgehead atoms. The van der Waals surface area contributed by atoms with Gasteiger partial charge in [0.05, 0.1) is 16.7 Å². The summed E-state index contributed by atoms with van der Waals surface area (Å²) in [6.45, 7) is 1.23. The number of para-hydroxylation sites is 3. The molecular formula is C60H68F3N9O11. The molecule has 0 fully saturated rings. The van der Waals surface area contributed by atoms with Gasteiger partial charge in [0.2, 0.25) is 17.7 Å². The molecule has 23 heteroatoms. The lowest BCUT2D eigenvalue weighted by molar-refractivity contribution is -0.192. The normalized spacial score (nSPS) is 12.1. The number of amides is 6. The standard InChI is InChI=1S/C58H67N9O9.C2HF3O2/c59-34-10-7-16-46(65-53(71)43-13-1-4-19-49(43)68)56(74)62-40-28-22-37(23-29-40)52(38-24-30-41(31-25-38)63-57(75)47(17-8-11-35-60)66-54(72)44-14-2-5-20-50(44)69)39-26-32-42(33-27-39)64-58(76)48(18-9-12-36-61)67-55(73)45-15-3-6-21-51(45)70;3-2(4,5)1(6)7/h1-6,13-15,19-33,46-48,52,68-70H,7-12,16-18,34-36,59-61H2,(H,62,74)(H,63,75)(H,64,76)(H,65,71)(H,66,72)(H,67,73);(H,6,7)/t46-,47-,48-;/m1./s1. The number of phenolic OH excluding ortho intramolecular Hbond substituents is 3. The van der Waals surface area contributed by atoms with E-state index in [-0.39, 0.29) is 33.9 Å². The topological polar surface area (TPSA) is 351 Å². The van der Waals surface area contributed by atoms with Gasteiger partial charge in [-0.1, -0.05) is 72.8 Å². The van der Waals surface area contributed by atoms with Crippen LogP contribution in [0.1, 0.15) is 111 Å². The van der Waals surface area contributed by atoms with Crippen molar-refractivity contribution in [3.63, 3.8) is 0 Å². The minimum Gasteiger partial charge on any atom is -0.507 e. The van der Waals surface area contributed by atoms with Crippen LogP contribution in [-0.2, 0) is 19.2 Å². The number of phenols is 3. The first-order valence-electron chi connectivity index (χ1n) is 26.6. The van der Waals surface area contributed by atoms with Gasteiger partial charge in [0.1, 0.15) is 35.4 Å². The highest BCUT2D eigenvalue weighted by molar-refractivity contribution is 6.04. The van der Waals surface area contributed by atoms with Crippen molar-refractivity contribution in [2.45, 2.75) is 88.0 Å². The van der Waals surface area contributed by atoms with E-state index < -0.39 is 71.6 Å². The molecule has 20 nitrogen and oxygen atoms in total. The molecule has 0 spiro atoms. The van der Waals surface area contributed by atoms with Crippen LogP contribution < -0.4 is 49.1 Å². The van der Waals surface area contributed by atoms with Crippen LogP contribution in [0, 0.1) is 0 Å². The summed E-state index contributed by atoms with van der Waals surface area (Å²) in [7, 11) is 0. The van der Waals surface area contributed by atoms with Crippen LogP contribution in [0.15, 0.2) is 146 Å². The predicted molar refractivity (Wildman–Crippen MR) is 307 cm³/mol. The van der Waals surface area contributed by atoms with Crippen molar-refractivity contribution in [2.75, 3.05) is 35.6 Å².